The van der Waals surface area contributed by atoms with Crippen LogP contribution in [0.25, 0.3) is 10.9 Å². The van der Waals surface area contributed by atoms with Crippen LogP contribution in [-0.4, -0.2) is 54.6 Å². The molecule has 2 heterocycles. The van der Waals surface area contributed by atoms with Gasteiger partial charge in [0.2, 0.25) is 5.91 Å². The van der Waals surface area contributed by atoms with Crippen molar-refractivity contribution in [2.24, 2.45) is 0 Å². The molecule has 3 rings (SSSR count). The number of aromatic amines is 1. The van der Waals surface area contributed by atoms with Crippen LogP contribution < -0.4 is 0 Å². The second-order valence-electron chi connectivity index (χ2n) is 6.73. The molecule has 0 bridgehead atoms. The minimum atomic E-state index is -2.96. The molecule has 8 heteroatoms. The first-order valence-corrected chi connectivity index (χ1v) is 10.7. The van der Waals surface area contributed by atoms with E-state index in [9.17, 15) is 18.0 Å². The number of aromatic nitrogens is 1. The van der Waals surface area contributed by atoms with Crippen molar-refractivity contribution in [1.29, 1.82) is 0 Å². The number of carbonyl (C=O) groups excluding carboxylic acids is 2. The smallest absolute Gasteiger partial charge is 0.223 e. The zero-order valence-corrected chi connectivity index (χ0v) is 16.1. The van der Waals surface area contributed by atoms with Crippen molar-refractivity contribution in [3.05, 3.63) is 35.0 Å². The third-order valence-corrected chi connectivity index (χ3v) is 6.86. The zero-order chi connectivity index (χ0) is 18.9. The first-order valence-electron chi connectivity index (χ1n) is 8.53. The Balaban J connectivity index is 1.57. The second-order valence-corrected chi connectivity index (χ2v) is 9.47. The van der Waals surface area contributed by atoms with E-state index in [1.165, 1.54) is 0 Å². The Morgan fingerprint density at radius 1 is 1.19 bits per heavy atom. The van der Waals surface area contributed by atoms with Crippen LogP contribution >= 0.6 is 11.6 Å². The van der Waals surface area contributed by atoms with E-state index in [1.807, 2.05) is 6.07 Å². The number of fused-ring (bicyclic) bond motifs is 1. The molecule has 0 atom stereocenters. The Morgan fingerprint density at radius 2 is 1.88 bits per heavy atom. The van der Waals surface area contributed by atoms with Crippen LogP contribution in [0.1, 0.15) is 36.2 Å². The molecular weight excluding hydrogens is 376 g/mol. The van der Waals surface area contributed by atoms with Gasteiger partial charge in [-0.05, 0) is 37.1 Å². The summed E-state index contributed by atoms with van der Waals surface area (Å²) < 4.78 is 23.0. The van der Waals surface area contributed by atoms with E-state index in [1.54, 1.807) is 30.1 Å². The summed E-state index contributed by atoms with van der Waals surface area (Å²) in [6.07, 6.45) is 1.13. The van der Waals surface area contributed by atoms with Crippen LogP contribution in [0.3, 0.4) is 0 Å². The molecule has 1 aromatic heterocycles. The first kappa shape index (κ1) is 18.9. The number of H-pyrrole nitrogens is 1. The second kappa shape index (κ2) is 7.40. The number of rotatable bonds is 5. The molecule has 0 spiro atoms. The molecule has 140 valence electrons. The molecule has 1 N–H and O–H groups in total. The van der Waals surface area contributed by atoms with Crippen LogP contribution in [0, 0.1) is 0 Å². The SMILES string of the molecule is CN(C(=O)CCC(=O)c1cc2cc(Cl)ccc2[nH]1)C1CCS(=O)(=O)CC1. The number of Topliss-reactive ketones (excluding diaryl/α,β-unsaturated/α-hetero) is 1. The summed E-state index contributed by atoms with van der Waals surface area (Å²) >= 11 is 5.95. The van der Waals surface area contributed by atoms with Crippen molar-refractivity contribution in [3.8, 4) is 0 Å². The largest absolute Gasteiger partial charge is 0.352 e. The van der Waals surface area contributed by atoms with Gasteiger partial charge in [0.15, 0.2) is 5.78 Å². The van der Waals surface area contributed by atoms with Crippen molar-refractivity contribution in [2.75, 3.05) is 18.6 Å². The average Bonchev–Trinajstić information content (AvgIpc) is 3.02. The van der Waals surface area contributed by atoms with Crippen LogP contribution in [0.15, 0.2) is 24.3 Å². The van der Waals surface area contributed by atoms with E-state index < -0.39 is 9.84 Å². The Bertz CT molecular complexity index is 937. The molecule has 1 aliphatic heterocycles. The third-order valence-electron chi connectivity index (χ3n) is 4.91. The van der Waals surface area contributed by atoms with Crippen LogP contribution in [-0.2, 0) is 14.6 Å². The van der Waals surface area contributed by atoms with Gasteiger partial charge in [-0.2, -0.15) is 0 Å². The van der Waals surface area contributed by atoms with Gasteiger partial charge < -0.3 is 9.88 Å². The van der Waals surface area contributed by atoms with Gasteiger partial charge in [0.25, 0.3) is 0 Å². The number of ketones is 1. The summed E-state index contributed by atoms with van der Waals surface area (Å²) in [5.41, 5.74) is 1.28. The molecule has 26 heavy (non-hydrogen) atoms. The number of carbonyl (C=O) groups is 2. The van der Waals surface area contributed by atoms with Gasteiger partial charge in [0.05, 0.1) is 17.2 Å². The van der Waals surface area contributed by atoms with Crippen molar-refractivity contribution in [1.82, 2.24) is 9.88 Å². The van der Waals surface area contributed by atoms with E-state index in [0.717, 1.165) is 10.9 Å². The highest BCUT2D eigenvalue weighted by atomic mass is 35.5. The number of sulfone groups is 1. The number of benzene rings is 1. The molecular formula is C18H21ClN2O4S. The lowest BCUT2D eigenvalue weighted by Crippen LogP contribution is -2.42. The van der Waals surface area contributed by atoms with E-state index in [4.69, 9.17) is 11.6 Å². The molecule has 1 fully saturated rings. The average molecular weight is 397 g/mol. The minimum Gasteiger partial charge on any atom is -0.352 e. The maximum absolute atomic E-state index is 12.4. The molecule has 0 radical (unpaired) electrons. The van der Waals surface area contributed by atoms with Crippen LogP contribution in [0.5, 0.6) is 0 Å². The van der Waals surface area contributed by atoms with Gasteiger partial charge in [-0.15, -0.1) is 0 Å². The summed E-state index contributed by atoms with van der Waals surface area (Å²) in [6.45, 7) is 0. The molecule has 0 aliphatic carbocycles. The molecule has 0 unspecified atom stereocenters. The number of hydrogen-bond donors (Lipinski definition) is 1. The molecule has 2 aromatic rings. The standard InChI is InChI=1S/C18H21ClN2O4S/c1-21(14-6-8-26(24,25)9-7-14)18(23)5-4-17(22)16-11-12-10-13(19)2-3-15(12)20-16/h2-3,10-11,14,20H,4-9H2,1H3. The Morgan fingerprint density at radius 3 is 2.58 bits per heavy atom. The third kappa shape index (κ3) is 4.27. The topological polar surface area (TPSA) is 87.3 Å². The summed E-state index contributed by atoms with van der Waals surface area (Å²) in [5, 5.41) is 1.45. The molecule has 1 amide bonds. The predicted octanol–water partition coefficient (Wildman–Crippen LogP) is 2.82. The summed E-state index contributed by atoms with van der Waals surface area (Å²) in [5.74, 6) is -0.0374. The highest BCUT2D eigenvalue weighted by molar-refractivity contribution is 7.91. The quantitative estimate of drug-likeness (QED) is 0.787. The fourth-order valence-corrected chi connectivity index (χ4v) is 4.90. The fourth-order valence-electron chi connectivity index (χ4n) is 3.25. The van der Waals surface area contributed by atoms with Crippen molar-refractivity contribution in [2.45, 2.75) is 31.7 Å². The van der Waals surface area contributed by atoms with Gasteiger partial charge >= 0.3 is 0 Å². The van der Waals surface area contributed by atoms with Crippen molar-refractivity contribution in [3.63, 3.8) is 0 Å². The number of amides is 1. The van der Waals surface area contributed by atoms with Gasteiger partial charge in [-0.1, -0.05) is 11.6 Å². The zero-order valence-electron chi connectivity index (χ0n) is 14.5. The maximum atomic E-state index is 12.4. The van der Waals surface area contributed by atoms with E-state index in [-0.39, 0.29) is 42.1 Å². The number of nitrogens with zero attached hydrogens (tertiary/aromatic N) is 1. The molecule has 1 aromatic carbocycles. The highest BCUT2D eigenvalue weighted by Crippen LogP contribution is 2.22. The Labute approximate surface area is 157 Å². The minimum absolute atomic E-state index is 0.0728. The van der Waals surface area contributed by atoms with Crippen LogP contribution in [0.2, 0.25) is 5.02 Å². The van der Waals surface area contributed by atoms with Crippen LogP contribution in [0.4, 0.5) is 0 Å². The van der Waals surface area contributed by atoms with E-state index in [2.05, 4.69) is 4.98 Å². The van der Waals surface area contributed by atoms with Gasteiger partial charge in [0, 0.05) is 41.9 Å². The lowest BCUT2D eigenvalue weighted by Gasteiger charge is -2.31. The summed E-state index contributed by atoms with van der Waals surface area (Å²) in [6, 6.07) is 7.00. The van der Waals surface area contributed by atoms with Crippen molar-refractivity contribution >= 4 is 44.0 Å². The van der Waals surface area contributed by atoms with E-state index >= 15 is 0 Å². The Kier molecular flexibility index (Phi) is 5.39. The molecule has 1 saturated heterocycles. The maximum Gasteiger partial charge on any atom is 0.223 e. The van der Waals surface area contributed by atoms with Gasteiger partial charge in [-0.3, -0.25) is 9.59 Å². The predicted molar refractivity (Wildman–Crippen MR) is 101 cm³/mol. The summed E-state index contributed by atoms with van der Waals surface area (Å²) in [7, 11) is -1.28. The normalized spacial score (nSPS) is 17.3. The monoisotopic (exact) mass is 396 g/mol. The highest BCUT2D eigenvalue weighted by Gasteiger charge is 2.28. The number of nitrogens with one attached hydrogen (secondary N) is 1. The number of hydrogen-bond acceptors (Lipinski definition) is 4. The van der Waals surface area contributed by atoms with Gasteiger partial charge in [0.1, 0.15) is 9.84 Å². The lowest BCUT2D eigenvalue weighted by atomic mass is 10.1. The lowest BCUT2D eigenvalue weighted by molar-refractivity contribution is -0.132. The summed E-state index contributed by atoms with van der Waals surface area (Å²) in [4.78, 5) is 29.4. The Hall–Kier alpha value is -1.86. The van der Waals surface area contributed by atoms with Crippen molar-refractivity contribution < 1.29 is 18.0 Å². The van der Waals surface area contributed by atoms with Gasteiger partial charge in [-0.25, -0.2) is 8.42 Å². The fraction of sp³-hybridized carbons (Fsp3) is 0.444. The molecule has 0 saturated carbocycles. The van der Waals surface area contributed by atoms with E-state index in [0.29, 0.717) is 23.6 Å². The number of halogens is 1. The molecule has 6 nitrogen and oxygen atoms in total. The molecule has 1 aliphatic rings. The first-order chi connectivity index (χ1) is 12.2.